The van der Waals surface area contributed by atoms with Crippen molar-refractivity contribution >= 4 is 5.95 Å². The Morgan fingerprint density at radius 2 is 2.18 bits per heavy atom. The van der Waals surface area contributed by atoms with Gasteiger partial charge in [-0.25, -0.2) is 4.68 Å². The average molecular weight is 304 g/mol. The van der Waals surface area contributed by atoms with Gasteiger partial charge in [0.05, 0.1) is 20.3 Å². The van der Waals surface area contributed by atoms with E-state index in [4.69, 9.17) is 9.47 Å². The number of aliphatic hydroxyl groups is 1. The summed E-state index contributed by atoms with van der Waals surface area (Å²) in [5.74, 6) is 2.62. The molecule has 7 nitrogen and oxygen atoms in total. The van der Waals surface area contributed by atoms with Crippen molar-refractivity contribution in [3.63, 3.8) is 0 Å². The molecule has 0 fully saturated rings. The van der Waals surface area contributed by atoms with Crippen LogP contribution < -0.4 is 14.8 Å². The van der Waals surface area contributed by atoms with E-state index in [1.54, 1.807) is 14.2 Å². The Labute approximate surface area is 128 Å². The topological polar surface area (TPSA) is 81.4 Å². The number of methoxy groups -OCH3 is 2. The second-order valence-electron chi connectivity index (χ2n) is 5.36. The first kappa shape index (κ1) is 14.6. The van der Waals surface area contributed by atoms with Crippen molar-refractivity contribution in [1.82, 2.24) is 14.8 Å². The van der Waals surface area contributed by atoms with Crippen molar-refractivity contribution in [3.8, 4) is 11.5 Å². The Hall–Kier alpha value is -2.28. The molecule has 0 saturated heterocycles. The van der Waals surface area contributed by atoms with Crippen LogP contribution in [0.5, 0.6) is 11.5 Å². The van der Waals surface area contributed by atoms with Gasteiger partial charge in [0.1, 0.15) is 18.1 Å². The van der Waals surface area contributed by atoms with Crippen molar-refractivity contribution in [2.75, 3.05) is 19.5 Å². The summed E-state index contributed by atoms with van der Waals surface area (Å²) >= 11 is 0. The molecule has 7 heteroatoms. The Balaban J connectivity index is 2.10. The van der Waals surface area contributed by atoms with E-state index in [2.05, 4.69) is 22.3 Å². The van der Waals surface area contributed by atoms with Crippen LogP contribution in [0.25, 0.3) is 0 Å². The van der Waals surface area contributed by atoms with Crippen LogP contribution in [-0.2, 0) is 6.61 Å². The summed E-state index contributed by atoms with van der Waals surface area (Å²) in [7, 11) is 3.29. The molecule has 3 rings (SSSR count). The molecule has 2 heterocycles. The van der Waals surface area contributed by atoms with Crippen molar-refractivity contribution in [2.24, 2.45) is 0 Å². The summed E-state index contributed by atoms with van der Waals surface area (Å²) in [6, 6.07) is 5.94. The molecule has 0 amide bonds. The number of nitrogens with one attached hydrogen (secondary N) is 1. The lowest BCUT2D eigenvalue weighted by molar-refractivity contribution is 0.269. The normalized spacial score (nSPS) is 20.2. The molecule has 2 aromatic rings. The Bertz CT molecular complexity index is 671. The highest BCUT2D eigenvalue weighted by Crippen LogP contribution is 2.37. The molecule has 2 atom stereocenters. The zero-order valence-corrected chi connectivity index (χ0v) is 12.9. The minimum absolute atomic E-state index is 0.0240. The highest BCUT2D eigenvalue weighted by molar-refractivity contribution is 5.45. The van der Waals surface area contributed by atoms with Crippen molar-refractivity contribution in [1.29, 1.82) is 0 Å². The summed E-state index contributed by atoms with van der Waals surface area (Å²) in [6.45, 7) is 1.91. The fourth-order valence-corrected chi connectivity index (χ4v) is 2.82. The lowest BCUT2D eigenvalue weighted by Crippen LogP contribution is -2.31. The molecule has 2 N–H and O–H groups in total. The summed E-state index contributed by atoms with van der Waals surface area (Å²) in [5.41, 5.74) is 0.992. The minimum Gasteiger partial charge on any atom is -0.497 e. The van der Waals surface area contributed by atoms with Gasteiger partial charge in [-0.3, -0.25) is 0 Å². The summed E-state index contributed by atoms with van der Waals surface area (Å²) < 4.78 is 12.6. The van der Waals surface area contributed by atoms with Crippen LogP contribution in [0.4, 0.5) is 5.95 Å². The standard InChI is InChI=1S/C15H20N4O3/c1-9-6-12(19-15(16-9)17-14(8-20)18-19)11-7-10(21-2)4-5-13(11)22-3/h4-5,7,9,12,20H,6,8H2,1-3H3,(H,16,17,18). The molecule has 0 radical (unpaired) electrons. The third-order valence-electron chi connectivity index (χ3n) is 3.86. The molecule has 0 spiro atoms. The maximum Gasteiger partial charge on any atom is 0.222 e. The molecule has 1 aliphatic heterocycles. The molecular formula is C15H20N4O3. The van der Waals surface area contributed by atoms with Crippen molar-refractivity contribution in [2.45, 2.75) is 32.0 Å². The van der Waals surface area contributed by atoms with Gasteiger partial charge in [0.25, 0.3) is 0 Å². The van der Waals surface area contributed by atoms with Gasteiger partial charge in [0.15, 0.2) is 5.82 Å². The highest BCUT2D eigenvalue weighted by Gasteiger charge is 2.30. The third kappa shape index (κ3) is 2.48. The van der Waals surface area contributed by atoms with E-state index >= 15 is 0 Å². The minimum atomic E-state index is -0.183. The largest absolute Gasteiger partial charge is 0.497 e. The first-order valence-electron chi connectivity index (χ1n) is 7.21. The molecule has 2 unspecified atom stereocenters. The Kier molecular flexibility index (Phi) is 3.89. The van der Waals surface area contributed by atoms with E-state index in [-0.39, 0.29) is 18.7 Å². The summed E-state index contributed by atoms with van der Waals surface area (Å²) in [6.07, 6.45) is 0.838. The number of hydrogen-bond acceptors (Lipinski definition) is 6. The Morgan fingerprint density at radius 3 is 2.86 bits per heavy atom. The van der Waals surface area contributed by atoms with Crippen LogP contribution in [0, 0.1) is 0 Å². The molecular weight excluding hydrogens is 284 g/mol. The monoisotopic (exact) mass is 304 g/mol. The van der Waals surface area contributed by atoms with Gasteiger partial charge in [-0.05, 0) is 31.5 Å². The lowest BCUT2D eigenvalue weighted by Gasteiger charge is -2.30. The number of hydrogen-bond donors (Lipinski definition) is 2. The number of nitrogens with zero attached hydrogens (tertiary/aromatic N) is 3. The van der Waals surface area contributed by atoms with Crippen LogP contribution in [0.15, 0.2) is 18.2 Å². The zero-order chi connectivity index (χ0) is 15.7. The molecule has 1 aromatic heterocycles. The molecule has 1 aliphatic rings. The second kappa shape index (κ2) is 5.84. The third-order valence-corrected chi connectivity index (χ3v) is 3.86. The second-order valence-corrected chi connectivity index (χ2v) is 5.36. The number of anilines is 1. The van der Waals surface area contributed by atoms with Crippen molar-refractivity contribution < 1.29 is 14.6 Å². The number of aliphatic hydroxyl groups excluding tert-OH is 1. The van der Waals surface area contributed by atoms with E-state index in [9.17, 15) is 5.11 Å². The predicted octanol–water partition coefficient (Wildman–Crippen LogP) is 1.58. The number of aromatic nitrogens is 3. The molecule has 0 aliphatic carbocycles. The van der Waals surface area contributed by atoms with E-state index in [1.165, 1.54) is 0 Å². The van der Waals surface area contributed by atoms with Crippen molar-refractivity contribution in [3.05, 3.63) is 29.6 Å². The average Bonchev–Trinajstić information content (AvgIpc) is 2.96. The molecule has 118 valence electrons. The SMILES string of the molecule is COc1ccc(OC)c(C2CC(C)Nc3nc(CO)nn32)c1. The molecule has 0 saturated carbocycles. The summed E-state index contributed by atoms with van der Waals surface area (Å²) in [5, 5.41) is 17.0. The summed E-state index contributed by atoms with van der Waals surface area (Å²) in [4.78, 5) is 4.31. The van der Waals surface area contributed by atoms with E-state index in [1.807, 2.05) is 22.9 Å². The number of benzene rings is 1. The van der Waals surface area contributed by atoms with Crippen LogP contribution in [-0.4, -0.2) is 40.1 Å². The number of fused-ring (bicyclic) bond motifs is 1. The maximum atomic E-state index is 9.28. The van der Waals surface area contributed by atoms with Crippen LogP contribution in [0.1, 0.15) is 30.8 Å². The highest BCUT2D eigenvalue weighted by atomic mass is 16.5. The van der Waals surface area contributed by atoms with Gasteiger partial charge in [-0.1, -0.05) is 0 Å². The van der Waals surface area contributed by atoms with Gasteiger partial charge in [0, 0.05) is 11.6 Å². The fraction of sp³-hybridized carbons (Fsp3) is 0.467. The zero-order valence-electron chi connectivity index (χ0n) is 12.9. The van der Waals surface area contributed by atoms with Crippen LogP contribution in [0.3, 0.4) is 0 Å². The van der Waals surface area contributed by atoms with Crippen LogP contribution >= 0.6 is 0 Å². The number of ether oxygens (including phenoxy) is 2. The van der Waals surface area contributed by atoms with Gasteiger partial charge < -0.3 is 19.9 Å². The van der Waals surface area contributed by atoms with E-state index in [0.717, 1.165) is 23.5 Å². The van der Waals surface area contributed by atoms with E-state index < -0.39 is 0 Å². The fourth-order valence-electron chi connectivity index (χ4n) is 2.82. The van der Waals surface area contributed by atoms with E-state index in [0.29, 0.717) is 11.8 Å². The lowest BCUT2D eigenvalue weighted by atomic mass is 9.97. The molecule has 0 bridgehead atoms. The molecule has 22 heavy (non-hydrogen) atoms. The quantitative estimate of drug-likeness (QED) is 0.892. The number of rotatable bonds is 4. The predicted molar refractivity (Wildman–Crippen MR) is 81.3 cm³/mol. The van der Waals surface area contributed by atoms with Gasteiger partial charge >= 0.3 is 0 Å². The van der Waals surface area contributed by atoms with Gasteiger partial charge in [0.2, 0.25) is 5.95 Å². The smallest absolute Gasteiger partial charge is 0.222 e. The van der Waals surface area contributed by atoms with Crippen LogP contribution in [0.2, 0.25) is 0 Å². The Morgan fingerprint density at radius 1 is 1.36 bits per heavy atom. The molecule has 1 aromatic carbocycles. The van der Waals surface area contributed by atoms with Gasteiger partial charge in [-0.15, -0.1) is 0 Å². The maximum absolute atomic E-state index is 9.28. The first-order chi connectivity index (χ1) is 10.7. The van der Waals surface area contributed by atoms with Gasteiger partial charge in [-0.2, -0.15) is 10.1 Å². The first-order valence-corrected chi connectivity index (χ1v) is 7.21.